The highest BCUT2D eigenvalue weighted by molar-refractivity contribution is 9.10. The molecule has 0 fully saturated rings. The number of amides is 2. The van der Waals surface area contributed by atoms with Crippen LogP contribution in [0.1, 0.15) is 31.4 Å². The molecule has 7 heteroatoms. The summed E-state index contributed by atoms with van der Waals surface area (Å²) in [6, 6.07) is 12.4. The van der Waals surface area contributed by atoms with Gasteiger partial charge in [-0.05, 0) is 49.6 Å². The minimum atomic E-state index is -0.627. The molecule has 0 aliphatic heterocycles. The fourth-order valence-electron chi connectivity index (χ4n) is 2.76. The molecule has 0 heterocycles. The molecule has 0 bridgehead atoms. The first kappa shape index (κ1) is 23.2. The lowest BCUT2D eigenvalue weighted by molar-refractivity contribution is -0.142. The van der Waals surface area contributed by atoms with E-state index < -0.39 is 6.04 Å². The number of aryl methyl sites for hydroxylation is 1. The molecular formula is C22H26BrClN2O3. The van der Waals surface area contributed by atoms with Gasteiger partial charge in [-0.1, -0.05) is 58.7 Å². The standard InChI is InChI=1S/C22H26BrClN2O3/c1-4-11-25-22(28)16(3)26(13-17-8-6-5-7-15(17)2)21(27)14-29-20-10-9-18(23)12-19(20)24/h5-10,12,16H,4,11,13-14H2,1-3H3,(H,25,28)/t16-/m1/s1. The van der Waals surface area contributed by atoms with Gasteiger partial charge in [0.25, 0.3) is 5.91 Å². The van der Waals surface area contributed by atoms with E-state index in [9.17, 15) is 9.59 Å². The van der Waals surface area contributed by atoms with Gasteiger partial charge in [0.05, 0.1) is 5.02 Å². The van der Waals surface area contributed by atoms with Gasteiger partial charge in [-0.15, -0.1) is 0 Å². The zero-order chi connectivity index (χ0) is 21.4. The monoisotopic (exact) mass is 480 g/mol. The number of hydrogen-bond donors (Lipinski definition) is 1. The van der Waals surface area contributed by atoms with Crippen molar-refractivity contribution in [2.24, 2.45) is 0 Å². The first-order chi connectivity index (χ1) is 13.8. The van der Waals surface area contributed by atoms with Crippen molar-refractivity contribution in [2.45, 2.75) is 39.8 Å². The van der Waals surface area contributed by atoms with Crippen molar-refractivity contribution in [3.05, 3.63) is 63.1 Å². The maximum atomic E-state index is 13.0. The highest BCUT2D eigenvalue weighted by atomic mass is 79.9. The Morgan fingerprint density at radius 1 is 1.24 bits per heavy atom. The summed E-state index contributed by atoms with van der Waals surface area (Å²) >= 11 is 9.51. The van der Waals surface area contributed by atoms with Crippen LogP contribution in [0.5, 0.6) is 5.75 Å². The molecule has 0 spiro atoms. The molecule has 2 amide bonds. The van der Waals surface area contributed by atoms with Crippen LogP contribution in [-0.4, -0.2) is 35.9 Å². The van der Waals surface area contributed by atoms with Crippen LogP contribution in [-0.2, 0) is 16.1 Å². The van der Waals surface area contributed by atoms with Gasteiger partial charge in [-0.2, -0.15) is 0 Å². The Morgan fingerprint density at radius 2 is 1.97 bits per heavy atom. The van der Waals surface area contributed by atoms with E-state index >= 15 is 0 Å². The van der Waals surface area contributed by atoms with E-state index in [1.807, 2.05) is 38.1 Å². The Bertz CT molecular complexity index is 860. The van der Waals surface area contributed by atoms with Gasteiger partial charge in [-0.3, -0.25) is 9.59 Å². The quantitative estimate of drug-likeness (QED) is 0.563. The van der Waals surface area contributed by atoms with Gasteiger partial charge >= 0.3 is 0 Å². The van der Waals surface area contributed by atoms with E-state index in [1.54, 1.807) is 30.0 Å². The maximum absolute atomic E-state index is 13.0. The molecule has 2 rings (SSSR count). The molecule has 0 saturated heterocycles. The topological polar surface area (TPSA) is 58.6 Å². The number of carbonyl (C=O) groups is 2. The number of benzene rings is 2. The number of ether oxygens (including phenoxy) is 1. The molecule has 2 aromatic carbocycles. The SMILES string of the molecule is CCCNC(=O)[C@@H](C)N(Cc1ccccc1C)C(=O)COc1ccc(Br)cc1Cl. The van der Waals surface area contributed by atoms with Crippen molar-refractivity contribution in [2.75, 3.05) is 13.2 Å². The van der Waals surface area contributed by atoms with Gasteiger partial charge in [0.2, 0.25) is 5.91 Å². The predicted octanol–water partition coefficient (Wildman–Crippen LogP) is 4.73. The summed E-state index contributed by atoms with van der Waals surface area (Å²) in [6.45, 7) is 6.38. The molecule has 1 N–H and O–H groups in total. The second-order valence-electron chi connectivity index (χ2n) is 6.78. The fourth-order valence-corrected chi connectivity index (χ4v) is 3.49. The van der Waals surface area contributed by atoms with Crippen molar-refractivity contribution in [3.8, 4) is 5.75 Å². The lowest BCUT2D eigenvalue weighted by atomic mass is 10.1. The third-order valence-electron chi connectivity index (χ3n) is 4.56. The van der Waals surface area contributed by atoms with Crippen LogP contribution in [0.4, 0.5) is 0 Å². The normalized spacial score (nSPS) is 11.6. The summed E-state index contributed by atoms with van der Waals surface area (Å²) in [5.41, 5.74) is 2.04. The van der Waals surface area contributed by atoms with E-state index in [2.05, 4.69) is 21.2 Å². The Morgan fingerprint density at radius 3 is 2.62 bits per heavy atom. The lowest BCUT2D eigenvalue weighted by Crippen LogP contribution is -2.49. The van der Waals surface area contributed by atoms with Crippen molar-refractivity contribution in [1.29, 1.82) is 0 Å². The van der Waals surface area contributed by atoms with Gasteiger partial charge in [0.1, 0.15) is 11.8 Å². The van der Waals surface area contributed by atoms with E-state index in [0.29, 0.717) is 23.9 Å². The number of halogens is 2. The average Bonchev–Trinajstić information content (AvgIpc) is 2.70. The number of rotatable bonds is 9. The Balaban J connectivity index is 2.17. The Hall–Kier alpha value is -2.05. The van der Waals surface area contributed by atoms with Gasteiger partial charge in [-0.25, -0.2) is 0 Å². The van der Waals surface area contributed by atoms with E-state index in [-0.39, 0.29) is 18.4 Å². The molecule has 1 atom stereocenters. The lowest BCUT2D eigenvalue weighted by Gasteiger charge is -2.29. The molecular weight excluding hydrogens is 456 g/mol. The summed E-state index contributed by atoms with van der Waals surface area (Å²) in [7, 11) is 0. The highest BCUT2D eigenvalue weighted by Crippen LogP contribution is 2.27. The van der Waals surface area contributed by atoms with Crippen LogP contribution in [0.15, 0.2) is 46.9 Å². The summed E-state index contributed by atoms with van der Waals surface area (Å²) in [5.74, 6) is -0.0519. The fraction of sp³-hybridized carbons (Fsp3) is 0.364. The third-order valence-corrected chi connectivity index (χ3v) is 5.35. The van der Waals surface area contributed by atoms with Gasteiger partial charge < -0.3 is 15.0 Å². The van der Waals surface area contributed by atoms with Crippen molar-refractivity contribution < 1.29 is 14.3 Å². The number of nitrogens with zero attached hydrogens (tertiary/aromatic N) is 1. The second kappa shape index (κ2) is 11.2. The summed E-state index contributed by atoms with van der Waals surface area (Å²) in [4.78, 5) is 27.1. The molecule has 2 aromatic rings. The number of carbonyl (C=O) groups excluding carboxylic acids is 2. The van der Waals surface area contributed by atoms with E-state index in [1.165, 1.54) is 0 Å². The zero-order valence-electron chi connectivity index (χ0n) is 16.9. The average molecular weight is 482 g/mol. The molecule has 0 radical (unpaired) electrons. The molecule has 0 aliphatic carbocycles. The molecule has 0 unspecified atom stereocenters. The first-order valence-electron chi connectivity index (χ1n) is 9.53. The molecule has 29 heavy (non-hydrogen) atoms. The van der Waals surface area contributed by atoms with Crippen LogP contribution in [0, 0.1) is 6.92 Å². The minimum absolute atomic E-state index is 0.185. The van der Waals surface area contributed by atoms with Crippen molar-refractivity contribution in [3.63, 3.8) is 0 Å². The van der Waals surface area contributed by atoms with Crippen LogP contribution in [0.2, 0.25) is 5.02 Å². The Kier molecular flexibility index (Phi) is 8.99. The van der Waals surface area contributed by atoms with Gasteiger partial charge in [0.15, 0.2) is 6.61 Å². The predicted molar refractivity (Wildman–Crippen MR) is 119 cm³/mol. The molecule has 5 nitrogen and oxygen atoms in total. The summed E-state index contributed by atoms with van der Waals surface area (Å²) in [6.07, 6.45) is 0.829. The van der Waals surface area contributed by atoms with Crippen molar-refractivity contribution >= 4 is 39.3 Å². The minimum Gasteiger partial charge on any atom is -0.482 e. The van der Waals surface area contributed by atoms with E-state index in [0.717, 1.165) is 22.0 Å². The van der Waals surface area contributed by atoms with Crippen LogP contribution in [0.3, 0.4) is 0 Å². The smallest absolute Gasteiger partial charge is 0.261 e. The first-order valence-corrected chi connectivity index (χ1v) is 10.7. The molecule has 0 aliphatic rings. The summed E-state index contributed by atoms with van der Waals surface area (Å²) in [5, 5.41) is 3.27. The molecule has 0 saturated carbocycles. The maximum Gasteiger partial charge on any atom is 0.261 e. The van der Waals surface area contributed by atoms with Crippen molar-refractivity contribution in [1.82, 2.24) is 10.2 Å². The van der Waals surface area contributed by atoms with Gasteiger partial charge in [0, 0.05) is 17.6 Å². The Labute approximate surface area is 185 Å². The largest absolute Gasteiger partial charge is 0.482 e. The van der Waals surface area contributed by atoms with E-state index in [4.69, 9.17) is 16.3 Å². The number of nitrogens with one attached hydrogen (secondary N) is 1. The highest BCUT2D eigenvalue weighted by Gasteiger charge is 2.26. The summed E-state index contributed by atoms with van der Waals surface area (Å²) < 4.78 is 6.46. The van der Waals surface area contributed by atoms with Crippen LogP contribution in [0.25, 0.3) is 0 Å². The van der Waals surface area contributed by atoms with Crippen LogP contribution < -0.4 is 10.1 Å². The molecule has 156 valence electrons. The number of hydrogen-bond acceptors (Lipinski definition) is 3. The third kappa shape index (κ3) is 6.75. The van der Waals surface area contributed by atoms with Crippen LogP contribution >= 0.6 is 27.5 Å². The molecule has 0 aromatic heterocycles. The zero-order valence-corrected chi connectivity index (χ0v) is 19.2. The second-order valence-corrected chi connectivity index (χ2v) is 8.10.